The van der Waals surface area contributed by atoms with Crippen LogP contribution in [0.2, 0.25) is 0 Å². The van der Waals surface area contributed by atoms with Crippen molar-refractivity contribution in [2.24, 2.45) is 4.99 Å². The summed E-state index contributed by atoms with van der Waals surface area (Å²) < 4.78 is 2.16. The van der Waals surface area contributed by atoms with Crippen LogP contribution < -0.4 is 0 Å². The molecule has 0 aliphatic carbocycles. The maximum atomic E-state index is 10.4. The van der Waals surface area contributed by atoms with Crippen LogP contribution in [-0.4, -0.2) is 20.9 Å². The Bertz CT molecular complexity index is 2000. The summed E-state index contributed by atoms with van der Waals surface area (Å²) in [4.78, 5) is 9.63. The molecular weight excluding hydrogens is 466 g/mol. The van der Waals surface area contributed by atoms with Gasteiger partial charge >= 0.3 is 0 Å². The standard InChI is InChI=1S/C34H23N3O/c38-32-16-8-3-11-25(32)21-35-29-19-17-23-9-1-4-12-26(23)33(29)34-27-13-5-2-10-24(27)18-20-31(34)37-22-36-28-14-6-7-15-30(28)37/h1-22,38H. The third kappa shape index (κ3) is 3.62. The number of aromatic hydroxyl groups is 1. The van der Waals surface area contributed by atoms with Gasteiger partial charge in [0.2, 0.25) is 0 Å². The molecule has 0 radical (unpaired) electrons. The normalized spacial score (nSPS) is 11.7. The monoisotopic (exact) mass is 489 g/mol. The number of para-hydroxylation sites is 3. The van der Waals surface area contributed by atoms with Gasteiger partial charge in [-0.05, 0) is 57.9 Å². The molecule has 180 valence electrons. The number of benzene rings is 6. The molecule has 4 nitrogen and oxygen atoms in total. The van der Waals surface area contributed by atoms with Crippen molar-refractivity contribution >= 4 is 44.5 Å². The van der Waals surface area contributed by atoms with Crippen LogP contribution >= 0.6 is 0 Å². The number of phenolic OH excluding ortho intramolecular Hbond substituents is 1. The lowest BCUT2D eigenvalue weighted by Gasteiger charge is -2.18. The van der Waals surface area contributed by atoms with E-state index >= 15 is 0 Å². The van der Waals surface area contributed by atoms with Crippen molar-refractivity contribution in [3.63, 3.8) is 0 Å². The molecule has 0 bridgehead atoms. The van der Waals surface area contributed by atoms with Crippen LogP contribution in [0.4, 0.5) is 5.69 Å². The van der Waals surface area contributed by atoms with E-state index in [1.54, 1.807) is 12.3 Å². The molecule has 1 N–H and O–H groups in total. The quantitative estimate of drug-likeness (QED) is 0.252. The van der Waals surface area contributed by atoms with E-state index in [1.165, 1.54) is 0 Å². The van der Waals surface area contributed by atoms with E-state index in [1.807, 2.05) is 42.7 Å². The van der Waals surface area contributed by atoms with Gasteiger partial charge in [-0.1, -0.05) is 84.9 Å². The van der Waals surface area contributed by atoms with Crippen LogP contribution in [0.15, 0.2) is 133 Å². The maximum Gasteiger partial charge on any atom is 0.124 e. The predicted molar refractivity (Wildman–Crippen MR) is 157 cm³/mol. The predicted octanol–water partition coefficient (Wildman–Crippen LogP) is 8.46. The molecule has 0 saturated heterocycles. The van der Waals surface area contributed by atoms with Gasteiger partial charge in [-0.3, -0.25) is 9.56 Å². The van der Waals surface area contributed by atoms with E-state index in [-0.39, 0.29) is 5.75 Å². The second kappa shape index (κ2) is 9.02. The van der Waals surface area contributed by atoms with Gasteiger partial charge in [-0.2, -0.15) is 0 Å². The molecule has 38 heavy (non-hydrogen) atoms. The van der Waals surface area contributed by atoms with E-state index in [4.69, 9.17) is 4.99 Å². The second-order valence-corrected chi connectivity index (χ2v) is 9.28. The highest BCUT2D eigenvalue weighted by Gasteiger charge is 2.19. The molecule has 7 aromatic rings. The summed E-state index contributed by atoms with van der Waals surface area (Å²) in [5.74, 6) is 0.203. The highest BCUT2D eigenvalue weighted by molar-refractivity contribution is 6.12. The number of rotatable bonds is 4. The highest BCUT2D eigenvalue weighted by Crippen LogP contribution is 2.44. The van der Waals surface area contributed by atoms with Gasteiger partial charge in [0.25, 0.3) is 0 Å². The number of nitrogens with zero attached hydrogens (tertiary/aromatic N) is 3. The van der Waals surface area contributed by atoms with E-state index < -0.39 is 0 Å². The number of hydrogen-bond acceptors (Lipinski definition) is 3. The van der Waals surface area contributed by atoms with Gasteiger partial charge in [-0.25, -0.2) is 4.98 Å². The third-order valence-electron chi connectivity index (χ3n) is 7.06. The molecular formula is C34H23N3O. The van der Waals surface area contributed by atoms with Crippen molar-refractivity contribution in [1.29, 1.82) is 0 Å². The SMILES string of the molecule is Oc1ccccc1C=Nc1ccc2ccccc2c1-c1c(-n2cnc3ccccc32)ccc2ccccc12. The Labute approximate surface area is 219 Å². The average molecular weight is 490 g/mol. The summed E-state index contributed by atoms with van der Waals surface area (Å²) >= 11 is 0. The Hall–Kier alpha value is -5.22. The Morgan fingerprint density at radius 2 is 1.29 bits per heavy atom. The first-order valence-electron chi connectivity index (χ1n) is 12.6. The fraction of sp³-hybridized carbons (Fsp3) is 0. The molecule has 0 aliphatic heterocycles. The average Bonchev–Trinajstić information content (AvgIpc) is 3.40. The van der Waals surface area contributed by atoms with Gasteiger partial charge < -0.3 is 5.11 Å². The minimum absolute atomic E-state index is 0.203. The summed E-state index contributed by atoms with van der Waals surface area (Å²) in [5.41, 5.74) is 6.66. The summed E-state index contributed by atoms with van der Waals surface area (Å²) in [6.45, 7) is 0. The van der Waals surface area contributed by atoms with E-state index in [9.17, 15) is 5.11 Å². The first-order valence-corrected chi connectivity index (χ1v) is 12.6. The lowest BCUT2D eigenvalue weighted by molar-refractivity contribution is 0.474. The molecule has 0 spiro atoms. The summed E-state index contributed by atoms with van der Waals surface area (Å²) in [7, 11) is 0. The van der Waals surface area contributed by atoms with Crippen LogP contribution in [-0.2, 0) is 0 Å². The number of imidazole rings is 1. The van der Waals surface area contributed by atoms with Gasteiger partial charge in [0.15, 0.2) is 0 Å². The Kier molecular flexibility index (Phi) is 5.22. The van der Waals surface area contributed by atoms with Gasteiger partial charge in [0.05, 0.1) is 22.4 Å². The van der Waals surface area contributed by atoms with Crippen LogP contribution in [0.25, 0.3) is 49.4 Å². The molecule has 0 aliphatic rings. The minimum atomic E-state index is 0.203. The zero-order valence-electron chi connectivity index (χ0n) is 20.5. The molecule has 6 aromatic carbocycles. The minimum Gasteiger partial charge on any atom is -0.507 e. The molecule has 4 heteroatoms. The second-order valence-electron chi connectivity index (χ2n) is 9.28. The van der Waals surface area contributed by atoms with Crippen molar-refractivity contribution in [3.8, 4) is 22.6 Å². The number of fused-ring (bicyclic) bond motifs is 3. The molecule has 0 amide bonds. The zero-order valence-corrected chi connectivity index (χ0v) is 20.5. The lowest BCUT2D eigenvalue weighted by Crippen LogP contribution is -1.98. The molecule has 0 saturated carbocycles. The van der Waals surface area contributed by atoms with Crippen LogP contribution in [0.5, 0.6) is 5.75 Å². The van der Waals surface area contributed by atoms with Crippen LogP contribution in [0, 0.1) is 0 Å². The number of aromatic nitrogens is 2. The molecule has 7 rings (SSSR count). The van der Waals surface area contributed by atoms with Crippen molar-refractivity contribution in [1.82, 2.24) is 9.55 Å². The lowest BCUT2D eigenvalue weighted by atomic mass is 9.91. The number of phenols is 1. The van der Waals surface area contributed by atoms with Crippen molar-refractivity contribution in [2.45, 2.75) is 0 Å². The van der Waals surface area contributed by atoms with Gasteiger partial charge in [-0.15, -0.1) is 0 Å². The van der Waals surface area contributed by atoms with E-state index in [2.05, 4.69) is 88.4 Å². The van der Waals surface area contributed by atoms with Crippen molar-refractivity contribution in [2.75, 3.05) is 0 Å². The topological polar surface area (TPSA) is 50.4 Å². The van der Waals surface area contributed by atoms with Crippen molar-refractivity contribution in [3.05, 3.63) is 133 Å². The third-order valence-corrected chi connectivity index (χ3v) is 7.06. The van der Waals surface area contributed by atoms with Crippen LogP contribution in [0.3, 0.4) is 0 Å². The summed E-state index contributed by atoms with van der Waals surface area (Å²) in [6.07, 6.45) is 3.63. The smallest absolute Gasteiger partial charge is 0.124 e. The molecule has 1 heterocycles. The summed E-state index contributed by atoms with van der Waals surface area (Å²) in [5, 5.41) is 14.9. The van der Waals surface area contributed by atoms with Gasteiger partial charge in [0.1, 0.15) is 12.1 Å². The fourth-order valence-corrected chi connectivity index (χ4v) is 5.24. The van der Waals surface area contributed by atoms with Crippen LogP contribution in [0.1, 0.15) is 5.56 Å². The molecule has 0 fully saturated rings. The summed E-state index contributed by atoms with van der Waals surface area (Å²) in [6, 6.07) is 40.8. The van der Waals surface area contributed by atoms with E-state index in [0.29, 0.717) is 5.56 Å². The first kappa shape index (κ1) is 22.0. The Morgan fingerprint density at radius 3 is 2.11 bits per heavy atom. The highest BCUT2D eigenvalue weighted by atomic mass is 16.3. The largest absolute Gasteiger partial charge is 0.507 e. The molecule has 0 atom stereocenters. The maximum absolute atomic E-state index is 10.4. The number of aliphatic imine (C=N–C) groups is 1. The molecule has 0 unspecified atom stereocenters. The Balaban J connectivity index is 1.59. The first-order chi connectivity index (χ1) is 18.8. The van der Waals surface area contributed by atoms with E-state index in [0.717, 1.165) is 55.1 Å². The van der Waals surface area contributed by atoms with Gasteiger partial charge in [0, 0.05) is 22.9 Å². The fourth-order valence-electron chi connectivity index (χ4n) is 5.24. The molecule has 1 aromatic heterocycles. The zero-order chi connectivity index (χ0) is 25.5. The van der Waals surface area contributed by atoms with Crippen molar-refractivity contribution < 1.29 is 5.11 Å². The number of hydrogen-bond donors (Lipinski definition) is 1. The Morgan fingerprint density at radius 1 is 0.632 bits per heavy atom.